The number of nitrogens with one attached hydrogen (secondary N) is 1. The summed E-state index contributed by atoms with van der Waals surface area (Å²) in [6, 6.07) is 11.7. The smallest absolute Gasteiger partial charge is 0.339 e. The number of carboxylic acids is 1. The lowest BCUT2D eigenvalue weighted by Gasteiger charge is -2.16. The molecule has 0 saturated carbocycles. The van der Waals surface area contributed by atoms with E-state index in [-0.39, 0.29) is 23.2 Å². The lowest BCUT2D eigenvalue weighted by Crippen LogP contribution is -2.09. The van der Waals surface area contributed by atoms with Crippen LogP contribution in [-0.4, -0.2) is 31.3 Å². The van der Waals surface area contributed by atoms with Crippen LogP contribution in [-0.2, 0) is 0 Å². The molecule has 3 aromatic carbocycles. The molecule has 0 radical (unpaired) electrons. The van der Waals surface area contributed by atoms with Gasteiger partial charge in [-0.15, -0.1) is 0 Å². The maximum atomic E-state index is 14.8. The highest BCUT2D eigenvalue weighted by Crippen LogP contribution is 2.42. The highest BCUT2D eigenvalue weighted by molar-refractivity contribution is 6.04. The van der Waals surface area contributed by atoms with E-state index >= 15 is 0 Å². The molecule has 0 heterocycles. The normalized spacial score (nSPS) is 10.9. The monoisotopic (exact) mass is 383 g/mol. The van der Waals surface area contributed by atoms with Crippen molar-refractivity contribution >= 4 is 22.4 Å². The van der Waals surface area contributed by atoms with Gasteiger partial charge >= 0.3 is 5.97 Å². The van der Waals surface area contributed by atoms with Crippen molar-refractivity contribution in [3.8, 4) is 22.6 Å². The summed E-state index contributed by atoms with van der Waals surface area (Å²) < 4.78 is 25.7. The number of rotatable bonds is 6. The summed E-state index contributed by atoms with van der Waals surface area (Å²) in [6.45, 7) is 3.97. The standard InChI is InChI=1S/C22H22FNO4/c1-12(2)24-13-5-6-14(19(23)11-13)15-7-8-17-16(20(15)27-3)9-10-18(22(25)26)21(17)28-4/h5-12,24H,1-4H3,(H,25,26). The van der Waals surface area contributed by atoms with E-state index in [1.807, 2.05) is 19.9 Å². The van der Waals surface area contributed by atoms with E-state index in [0.29, 0.717) is 33.3 Å². The Morgan fingerprint density at radius 1 is 0.964 bits per heavy atom. The Morgan fingerprint density at radius 3 is 2.14 bits per heavy atom. The second-order valence-electron chi connectivity index (χ2n) is 6.69. The molecule has 28 heavy (non-hydrogen) atoms. The van der Waals surface area contributed by atoms with Crippen molar-refractivity contribution in [2.75, 3.05) is 19.5 Å². The predicted molar refractivity (Wildman–Crippen MR) is 108 cm³/mol. The van der Waals surface area contributed by atoms with Crippen LogP contribution in [0.4, 0.5) is 10.1 Å². The maximum Gasteiger partial charge on any atom is 0.339 e. The van der Waals surface area contributed by atoms with Crippen molar-refractivity contribution in [1.29, 1.82) is 0 Å². The number of methoxy groups -OCH3 is 2. The van der Waals surface area contributed by atoms with Gasteiger partial charge in [-0.05, 0) is 56.3 Å². The number of fused-ring (bicyclic) bond motifs is 1. The molecule has 0 amide bonds. The van der Waals surface area contributed by atoms with Crippen molar-refractivity contribution in [1.82, 2.24) is 0 Å². The van der Waals surface area contributed by atoms with Gasteiger partial charge in [0.2, 0.25) is 0 Å². The van der Waals surface area contributed by atoms with Crippen LogP contribution in [0.3, 0.4) is 0 Å². The first-order valence-corrected chi connectivity index (χ1v) is 8.84. The number of carboxylic acid groups (broad SMARTS) is 1. The lowest BCUT2D eigenvalue weighted by atomic mass is 9.97. The van der Waals surface area contributed by atoms with E-state index in [1.165, 1.54) is 26.4 Å². The maximum absolute atomic E-state index is 14.8. The molecule has 0 saturated heterocycles. The van der Waals surface area contributed by atoms with Crippen LogP contribution in [0.25, 0.3) is 21.9 Å². The molecule has 0 spiro atoms. The minimum atomic E-state index is -1.08. The SMILES string of the molecule is COc1c(C(=O)O)ccc2c(OC)c(-c3ccc(NC(C)C)cc3F)ccc12. The summed E-state index contributed by atoms with van der Waals surface area (Å²) in [7, 11) is 2.92. The van der Waals surface area contributed by atoms with E-state index in [1.54, 1.807) is 24.3 Å². The molecular formula is C22H22FNO4. The van der Waals surface area contributed by atoms with E-state index in [4.69, 9.17) is 9.47 Å². The zero-order valence-electron chi connectivity index (χ0n) is 16.2. The van der Waals surface area contributed by atoms with E-state index in [9.17, 15) is 14.3 Å². The van der Waals surface area contributed by atoms with Crippen LogP contribution in [0.1, 0.15) is 24.2 Å². The Morgan fingerprint density at radius 2 is 1.57 bits per heavy atom. The average Bonchev–Trinajstić information content (AvgIpc) is 2.65. The Labute approximate surface area is 162 Å². The Bertz CT molecular complexity index is 1050. The quantitative estimate of drug-likeness (QED) is 0.614. The van der Waals surface area contributed by atoms with Gasteiger partial charge in [-0.1, -0.05) is 0 Å². The topological polar surface area (TPSA) is 67.8 Å². The van der Waals surface area contributed by atoms with Gasteiger partial charge in [-0.2, -0.15) is 0 Å². The predicted octanol–water partition coefficient (Wildman–Crippen LogP) is 5.18. The molecule has 146 valence electrons. The summed E-state index contributed by atoms with van der Waals surface area (Å²) in [5.41, 5.74) is 1.73. The summed E-state index contributed by atoms with van der Waals surface area (Å²) >= 11 is 0. The van der Waals surface area contributed by atoms with Gasteiger partial charge in [0.05, 0.1) is 14.2 Å². The minimum absolute atomic E-state index is 0.0556. The number of halogens is 1. The molecular weight excluding hydrogens is 361 g/mol. The fourth-order valence-corrected chi connectivity index (χ4v) is 3.33. The van der Waals surface area contributed by atoms with Crippen LogP contribution in [0.5, 0.6) is 11.5 Å². The third kappa shape index (κ3) is 3.45. The summed E-state index contributed by atoms with van der Waals surface area (Å²) in [4.78, 5) is 11.5. The fourth-order valence-electron chi connectivity index (χ4n) is 3.33. The number of benzene rings is 3. The van der Waals surface area contributed by atoms with E-state index in [0.717, 1.165) is 0 Å². The first-order chi connectivity index (χ1) is 13.4. The van der Waals surface area contributed by atoms with Crippen LogP contribution in [0.15, 0.2) is 42.5 Å². The zero-order valence-corrected chi connectivity index (χ0v) is 16.2. The Hall–Kier alpha value is -3.28. The second-order valence-corrected chi connectivity index (χ2v) is 6.69. The number of anilines is 1. The average molecular weight is 383 g/mol. The molecule has 3 rings (SSSR count). The summed E-state index contributed by atoms with van der Waals surface area (Å²) in [6.07, 6.45) is 0. The molecule has 2 N–H and O–H groups in total. The van der Waals surface area contributed by atoms with Gasteiger partial charge < -0.3 is 19.9 Å². The van der Waals surface area contributed by atoms with Gasteiger partial charge in [0.1, 0.15) is 22.9 Å². The molecule has 0 bridgehead atoms. The molecule has 0 unspecified atom stereocenters. The molecule has 6 heteroatoms. The van der Waals surface area contributed by atoms with Gasteiger partial charge in [0.15, 0.2) is 0 Å². The third-order valence-corrected chi connectivity index (χ3v) is 4.46. The first-order valence-electron chi connectivity index (χ1n) is 8.84. The second kappa shape index (κ2) is 7.76. The summed E-state index contributed by atoms with van der Waals surface area (Å²) in [5, 5.41) is 13.8. The third-order valence-electron chi connectivity index (χ3n) is 4.46. The van der Waals surface area contributed by atoms with Gasteiger partial charge in [0.25, 0.3) is 0 Å². The Kier molecular flexibility index (Phi) is 5.40. The Balaban J connectivity index is 2.20. The van der Waals surface area contributed by atoms with E-state index < -0.39 is 5.97 Å². The zero-order chi connectivity index (χ0) is 20.4. The van der Waals surface area contributed by atoms with Crippen LogP contribution >= 0.6 is 0 Å². The minimum Gasteiger partial charge on any atom is -0.495 e. The van der Waals surface area contributed by atoms with Crippen molar-refractivity contribution in [2.24, 2.45) is 0 Å². The number of ether oxygens (including phenoxy) is 2. The molecule has 0 aliphatic carbocycles. The molecule has 0 fully saturated rings. The fraction of sp³-hybridized carbons (Fsp3) is 0.227. The number of carbonyl (C=O) groups is 1. The highest BCUT2D eigenvalue weighted by atomic mass is 19.1. The number of aromatic carboxylic acids is 1. The molecule has 0 aliphatic heterocycles. The molecule has 3 aromatic rings. The van der Waals surface area contributed by atoms with E-state index in [2.05, 4.69) is 5.32 Å². The van der Waals surface area contributed by atoms with Crippen LogP contribution < -0.4 is 14.8 Å². The van der Waals surface area contributed by atoms with Crippen LogP contribution in [0, 0.1) is 5.82 Å². The summed E-state index contributed by atoms with van der Waals surface area (Å²) in [5.74, 6) is -0.762. The number of hydrogen-bond acceptors (Lipinski definition) is 4. The first kappa shape index (κ1) is 19.5. The molecule has 0 aromatic heterocycles. The van der Waals surface area contributed by atoms with Crippen molar-refractivity contribution in [2.45, 2.75) is 19.9 Å². The van der Waals surface area contributed by atoms with Crippen molar-refractivity contribution in [3.05, 3.63) is 53.8 Å². The van der Waals surface area contributed by atoms with Gasteiger partial charge in [-0.25, -0.2) is 9.18 Å². The van der Waals surface area contributed by atoms with Crippen molar-refractivity contribution in [3.63, 3.8) is 0 Å². The van der Waals surface area contributed by atoms with Crippen molar-refractivity contribution < 1.29 is 23.8 Å². The molecule has 0 atom stereocenters. The largest absolute Gasteiger partial charge is 0.495 e. The van der Waals surface area contributed by atoms with Gasteiger partial charge in [-0.3, -0.25) is 0 Å². The lowest BCUT2D eigenvalue weighted by molar-refractivity contribution is 0.0693. The highest BCUT2D eigenvalue weighted by Gasteiger charge is 2.20. The molecule has 0 aliphatic rings. The number of hydrogen-bond donors (Lipinski definition) is 2. The van der Waals surface area contributed by atoms with Crippen LogP contribution in [0.2, 0.25) is 0 Å². The van der Waals surface area contributed by atoms with Gasteiger partial charge in [0, 0.05) is 33.6 Å². The molecule has 5 nitrogen and oxygen atoms in total.